The van der Waals surface area contributed by atoms with Crippen molar-refractivity contribution in [2.75, 3.05) is 23.4 Å². The molecule has 0 bridgehead atoms. The molecule has 2 aromatic rings. The second-order valence-electron chi connectivity index (χ2n) is 7.25. The first kappa shape index (κ1) is 20.7. The molecule has 11 heteroatoms. The standard InChI is InChI=1S/C20H20F2N4O5/c1-10(20(28)29)23-12-3-4-13-15(7-12)30-6-5-25-11(2)18(24-19(13)25)26-14(17(21)22)9-31-16(26)8-27/h3-4,7,10,14,17,23H,5-6,9H2,1-2H3,(H,28,29)/t10-,14-/m0/s1. The fraction of sp³-hybridized carbons (Fsp3) is 0.400. The van der Waals surface area contributed by atoms with Gasteiger partial charge in [-0.2, -0.15) is 0 Å². The molecule has 4 rings (SSSR count). The molecule has 164 valence electrons. The predicted octanol–water partition coefficient (Wildman–Crippen LogP) is 2.28. The minimum absolute atomic E-state index is 0.200. The fourth-order valence-corrected chi connectivity index (χ4v) is 3.68. The number of nitrogens with zero attached hydrogens (tertiary/aromatic N) is 3. The Morgan fingerprint density at radius 1 is 1.39 bits per heavy atom. The SMILES string of the molecule is Cc1c(N2C(=C=O)OC[C@H]2C(F)F)nc2n1CCOc1cc(N[C@@H](C)C(=O)O)ccc1-2. The van der Waals surface area contributed by atoms with Gasteiger partial charge in [0.25, 0.3) is 12.3 Å². The highest BCUT2D eigenvalue weighted by atomic mass is 19.3. The quantitative estimate of drug-likeness (QED) is 0.691. The van der Waals surface area contributed by atoms with Crippen LogP contribution in [-0.2, 0) is 20.9 Å². The maximum atomic E-state index is 13.5. The number of carbonyl (C=O) groups is 1. The number of anilines is 2. The molecule has 3 heterocycles. The molecule has 0 aliphatic carbocycles. The average molecular weight is 434 g/mol. The van der Waals surface area contributed by atoms with Crippen molar-refractivity contribution in [3.05, 3.63) is 29.8 Å². The lowest BCUT2D eigenvalue weighted by Crippen LogP contribution is -2.36. The predicted molar refractivity (Wildman–Crippen MR) is 106 cm³/mol. The monoisotopic (exact) mass is 434 g/mol. The smallest absolute Gasteiger partial charge is 0.325 e. The number of aromatic nitrogens is 2. The zero-order valence-electron chi connectivity index (χ0n) is 16.8. The lowest BCUT2D eigenvalue weighted by Gasteiger charge is -2.21. The van der Waals surface area contributed by atoms with Crippen LogP contribution in [0, 0.1) is 6.92 Å². The molecule has 0 unspecified atom stereocenters. The number of imidazole rings is 1. The molecule has 9 nitrogen and oxygen atoms in total. The van der Waals surface area contributed by atoms with Gasteiger partial charge in [-0.3, -0.25) is 9.69 Å². The van der Waals surface area contributed by atoms with Crippen LogP contribution < -0.4 is 15.0 Å². The van der Waals surface area contributed by atoms with Gasteiger partial charge in [0, 0.05) is 11.8 Å². The van der Waals surface area contributed by atoms with Crippen LogP contribution in [0.25, 0.3) is 11.4 Å². The normalized spacial score (nSPS) is 18.4. The summed E-state index contributed by atoms with van der Waals surface area (Å²) in [6.45, 7) is 3.61. The van der Waals surface area contributed by atoms with Gasteiger partial charge < -0.3 is 24.5 Å². The molecule has 2 atom stereocenters. The van der Waals surface area contributed by atoms with Crippen LogP contribution in [0.1, 0.15) is 12.6 Å². The third-order valence-corrected chi connectivity index (χ3v) is 5.29. The summed E-state index contributed by atoms with van der Waals surface area (Å²) in [6, 6.07) is 2.95. The highest BCUT2D eigenvalue weighted by Crippen LogP contribution is 2.39. The number of carbonyl (C=O) groups excluding carboxylic acids is 1. The van der Waals surface area contributed by atoms with Crippen molar-refractivity contribution in [2.45, 2.75) is 38.9 Å². The Morgan fingerprint density at radius 2 is 2.16 bits per heavy atom. The van der Waals surface area contributed by atoms with Crippen LogP contribution in [0.15, 0.2) is 24.1 Å². The molecule has 0 saturated carbocycles. The first-order valence-corrected chi connectivity index (χ1v) is 9.60. The highest BCUT2D eigenvalue weighted by Gasteiger charge is 2.41. The Labute approximate surface area is 175 Å². The molecular formula is C20H20F2N4O5. The second kappa shape index (κ2) is 7.92. The van der Waals surface area contributed by atoms with E-state index in [0.717, 1.165) is 4.90 Å². The topological polar surface area (TPSA) is 106 Å². The van der Waals surface area contributed by atoms with Gasteiger partial charge in [-0.15, -0.1) is 0 Å². The van der Waals surface area contributed by atoms with Crippen molar-refractivity contribution in [2.24, 2.45) is 0 Å². The number of carboxylic acids is 1. The average Bonchev–Trinajstić information content (AvgIpc) is 3.24. The summed E-state index contributed by atoms with van der Waals surface area (Å²) < 4.78 is 39.8. The van der Waals surface area contributed by atoms with Crippen LogP contribution in [0.2, 0.25) is 0 Å². The van der Waals surface area contributed by atoms with E-state index >= 15 is 0 Å². The maximum Gasteiger partial charge on any atom is 0.325 e. The second-order valence-corrected chi connectivity index (χ2v) is 7.25. The van der Waals surface area contributed by atoms with E-state index < -0.39 is 24.5 Å². The molecule has 1 aromatic heterocycles. The summed E-state index contributed by atoms with van der Waals surface area (Å²) in [5, 5.41) is 12.0. The molecule has 1 saturated heterocycles. The number of hydrogen-bond acceptors (Lipinski definition) is 7. The van der Waals surface area contributed by atoms with Crippen molar-refractivity contribution in [1.82, 2.24) is 9.55 Å². The molecule has 2 aliphatic rings. The van der Waals surface area contributed by atoms with Crippen molar-refractivity contribution in [3.8, 4) is 17.1 Å². The molecule has 0 amide bonds. The summed E-state index contributed by atoms with van der Waals surface area (Å²) in [6.07, 6.45) is -2.74. The maximum absolute atomic E-state index is 13.5. The molecule has 1 aromatic carbocycles. The van der Waals surface area contributed by atoms with E-state index in [-0.39, 0.29) is 18.3 Å². The molecule has 2 N–H and O–H groups in total. The summed E-state index contributed by atoms with van der Waals surface area (Å²) >= 11 is 0. The van der Waals surface area contributed by atoms with Crippen molar-refractivity contribution >= 4 is 23.4 Å². The van der Waals surface area contributed by atoms with Gasteiger partial charge >= 0.3 is 5.97 Å². The molecule has 2 aliphatic heterocycles. The van der Waals surface area contributed by atoms with E-state index in [1.165, 1.54) is 6.92 Å². The van der Waals surface area contributed by atoms with Crippen LogP contribution >= 0.6 is 0 Å². The third-order valence-electron chi connectivity index (χ3n) is 5.29. The molecule has 1 fully saturated rings. The Hall–Kier alpha value is -3.59. The molecule has 31 heavy (non-hydrogen) atoms. The Balaban J connectivity index is 1.76. The van der Waals surface area contributed by atoms with Crippen LogP contribution in [0.5, 0.6) is 5.75 Å². The third kappa shape index (κ3) is 3.57. The summed E-state index contributed by atoms with van der Waals surface area (Å²) in [5.74, 6) is 1.43. The van der Waals surface area contributed by atoms with E-state index in [4.69, 9.17) is 14.6 Å². The summed E-state index contributed by atoms with van der Waals surface area (Å²) in [4.78, 5) is 28.0. The number of hydrogen-bond donors (Lipinski definition) is 2. The minimum Gasteiger partial charge on any atom is -0.491 e. The van der Waals surface area contributed by atoms with Gasteiger partial charge in [0.05, 0.1) is 17.8 Å². The van der Waals surface area contributed by atoms with E-state index in [0.29, 0.717) is 41.7 Å². The number of nitrogens with one attached hydrogen (secondary N) is 1. The first-order chi connectivity index (χ1) is 14.8. The summed E-state index contributed by atoms with van der Waals surface area (Å²) in [7, 11) is 0. The van der Waals surface area contributed by atoms with E-state index in [1.807, 2.05) is 4.57 Å². The highest BCUT2D eigenvalue weighted by molar-refractivity contribution is 5.78. The minimum atomic E-state index is -2.74. The largest absolute Gasteiger partial charge is 0.491 e. The Kier molecular flexibility index (Phi) is 5.28. The van der Waals surface area contributed by atoms with E-state index in [2.05, 4.69) is 10.3 Å². The van der Waals surface area contributed by atoms with Crippen molar-refractivity contribution < 1.29 is 33.0 Å². The van der Waals surface area contributed by atoms with Gasteiger partial charge in [-0.25, -0.2) is 18.6 Å². The van der Waals surface area contributed by atoms with Gasteiger partial charge in [0.15, 0.2) is 11.8 Å². The first-order valence-electron chi connectivity index (χ1n) is 9.60. The molecule has 0 radical (unpaired) electrons. The van der Waals surface area contributed by atoms with E-state index in [1.54, 1.807) is 31.1 Å². The number of rotatable bonds is 5. The number of ether oxygens (including phenoxy) is 2. The van der Waals surface area contributed by atoms with E-state index in [9.17, 15) is 18.4 Å². The fourth-order valence-electron chi connectivity index (χ4n) is 3.68. The lowest BCUT2D eigenvalue weighted by atomic mass is 10.1. The lowest BCUT2D eigenvalue weighted by molar-refractivity contribution is -0.137. The van der Waals surface area contributed by atoms with Gasteiger partial charge in [-0.1, -0.05) is 0 Å². The number of carboxylic acid groups (broad SMARTS) is 1. The van der Waals surface area contributed by atoms with Gasteiger partial charge in [-0.05, 0) is 26.0 Å². The Morgan fingerprint density at radius 3 is 2.84 bits per heavy atom. The van der Waals surface area contributed by atoms with Gasteiger partial charge in [0.2, 0.25) is 0 Å². The number of alkyl halides is 2. The Bertz CT molecular complexity index is 1080. The summed E-state index contributed by atoms with van der Waals surface area (Å²) in [5.41, 5.74) is 1.75. The molecular weight excluding hydrogens is 414 g/mol. The number of fused-ring (bicyclic) bond motifs is 3. The number of halogens is 2. The van der Waals surface area contributed by atoms with Crippen LogP contribution in [0.4, 0.5) is 20.3 Å². The van der Waals surface area contributed by atoms with Crippen molar-refractivity contribution in [1.29, 1.82) is 0 Å². The van der Waals surface area contributed by atoms with Crippen LogP contribution in [-0.4, -0.2) is 58.3 Å². The van der Waals surface area contributed by atoms with Gasteiger partial charge in [0.1, 0.15) is 36.9 Å². The van der Waals surface area contributed by atoms with Crippen LogP contribution in [0.3, 0.4) is 0 Å². The zero-order valence-corrected chi connectivity index (χ0v) is 16.8. The number of benzene rings is 1. The van der Waals surface area contributed by atoms with Crippen molar-refractivity contribution in [3.63, 3.8) is 0 Å². The zero-order chi connectivity index (χ0) is 22.3. The number of aliphatic carboxylic acids is 1. The molecule has 0 spiro atoms.